The molecular weight excluding hydrogens is 326 g/mol. The van der Waals surface area contributed by atoms with E-state index in [-0.39, 0.29) is 11.5 Å². The minimum absolute atomic E-state index is 0.0747. The van der Waals surface area contributed by atoms with Crippen molar-refractivity contribution in [3.05, 3.63) is 53.4 Å². The van der Waals surface area contributed by atoms with E-state index in [4.69, 9.17) is 4.42 Å². The van der Waals surface area contributed by atoms with Crippen LogP contribution in [-0.4, -0.2) is 36.5 Å². The number of thioether (sulfide) groups is 1. The molecule has 0 unspecified atom stereocenters. The normalized spacial score (nSPS) is 13.2. The average molecular weight is 341 g/mol. The number of aryl methyl sites for hydroxylation is 2. The van der Waals surface area contributed by atoms with Crippen LogP contribution in [0.25, 0.3) is 0 Å². The number of aromatic nitrogens is 5. The molecular formula is C16H15N5O2S. The number of hydrogen-bond acceptors (Lipinski definition) is 7. The predicted molar refractivity (Wildman–Crippen MR) is 86.9 cm³/mol. The molecule has 0 fully saturated rings. The van der Waals surface area contributed by atoms with Crippen molar-refractivity contribution in [3.63, 3.8) is 0 Å². The predicted octanol–water partition coefficient (Wildman–Crippen LogP) is 2.17. The second kappa shape index (κ2) is 6.56. The molecule has 0 aliphatic heterocycles. The summed E-state index contributed by atoms with van der Waals surface area (Å²) < 4.78 is 7.11. The molecule has 0 bridgehead atoms. The van der Waals surface area contributed by atoms with Gasteiger partial charge in [0.2, 0.25) is 5.89 Å². The second-order valence-corrected chi connectivity index (χ2v) is 6.53. The van der Waals surface area contributed by atoms with Gasteiger partial charge >= 0.3 is 0 Å². The van der Waals surface area contributed by atoms with E-state index in [1.54, 1.807) is 11.0 Å². The monoisotopic (exact) mass is 341 g/mol. The molecule has 0 radical (unpaired) electrons. The van der Waals surface area contributed by atoms with Crippen molar-refractivity contribution < 1.29 is 9.21 Å². The highest BCUT2D eigenvalue weighted by Crippen LogP contribution is 2.24. The van der Waals surface area contributed by atoms with Gasteiger partial charge in [-0.2, -0.15) is 5.10 Å². The second-order valence-electron chi connectivity index (χ2n) is 5.60. The largest absolute Gasteiger partial charge is 0.414 e. The summed E-state index contributed by atoms with van der Waals surface area (Å²) in [5.41, 5.74) is 3.43. The zero-order valence-electron chi connectivity index (χ0n) is 12.9. The molecule has 1 aliphatic rings. The number of Topliss-reactive ketones (excluding diaryl/α,β-unsaturated/α-hetero) is 1. The smallest absolute Gasteiger partial charge is 0.277 e. The van der Waals surface area contributed by atoms with Gasteiger partial charge in [0.1, 0.15) is 19.2 Å². The Labute approximate surface area is 142 Å². The third-order valence-electron chi connectivity index (χ3n) is 3.96. The summed E-state index contributed by atoms with van der Waals surface area (Å²) in [6, 6.07) is 6.01. The SMILES string of the molecule is O=C(CSc1nnc(Cn2cncn2)o1)c1ccc2c(c1)CCC2. The molecule has 3 aromatic rings. The standard InChI is InChI=1S/C16H15N5O2S/c22-14(13-5-4-11-2-1-3-12(11)6-13)8-24-16-20-19-15(23-16)7-21-10-17-9-18-21/h4-6,9-10H,1-3,7-8H2. The summed E-state index contributed by atoms with van der Waals surface area (Å²) in [5.74, 6) is 0.794. The Morgan fingerprint density at radius 2 is 2.17 bits per heavy atom. The Morgan fingerprint density at radius 3 is 3.04 bits per heavy atom. The first kappa shape index (κ1) is 15.1. The third-order valence-corrected chi connectivity index (χ3v) is 4.78. The highest BCUT2D eigenvalue weighted by molar-refractivity contribution is 7.99. The number of carbonyl (C=O) groups excluding carboxylic acids is 1. The Morgan fingerprint density at radius 1 is 1.25 bits per heavy atom. The summed E-state index contributed by atoms with van der Waals surface area (Å²) in [7, 11) is 0. The maximum Gasteiger partial charge on any atom is 0.277 e. The topological polar surface area (TPSA) is 86.7 Å². The zero-order valence-corrected chi connectivity index (χ0v) is 13.7. The first-order chi connectivity index (χ1) is 11.8. The molecule has 0 spiro atoms. The number of rotatable bonds is 6. The zero-order chi connectivity index (χ0) is 16.4. The van der Waals surface area contributed by atoms with Crippen molar-refractivity contribution in [2.45, 2.75) is 31.0 Å². The average Bonchev–Trinajstić information content (AvgIpc) is 3.34. The summed E-state index contributed by atoms with van der Waals surface area (Å²) in [6.45, 7) is 0.367. The van der Waals surface area contributed by atoms with E-state index in [2.05, 4.69) is 26.3 Å². The van der Waals surface area contributed by atoms with Crippen LogP contribution in [0.4, 0.5) is 0 Å². The van der Waals surface area contributed by atoms with E-state index in [1.807, 2.05) is 12.1 Å². The summed E-state index contributed by atoms with van der Waals surface area (Å²) in [4.78, 5) is 16.2. The van der Waals surface area contributed by atoms with Gasteiger partial charge in [-0.15, -0.1) is 10.2 Å². The lowest BCUT2D eigenvalue weighted by molar-refractivity contribution is 0.102. The lowest BCUT2D eigenvalue weighted by Gasteiger charge is -2.03. The lowest BCUT2D eigenvalue weighted by Crippen LogP contribution is -2.03. The maximum atomic E-state index is 12.3. The summed E-state index contributed by atoms with van der Waals surface area (Å²) >= 11 is 1.25. The molecule has 122 valence electrons. The van der Waals surface area contributed by atoms with Crippen molar-refractivity contribution >= 4 is 17.5 Å². The number of hydrogen-bond donors (Lipinski definition) is 0. The molecule has 0 amide bonds. The van der Waals surface area contributed by atoms with Gasteiger partial charge in [0.05, 0.1) is 5.75 Å². The molecule has 0 saturated carbocycles. The van der Waals surface area contributed by atoms with Crippen molar-refractivity contribution in [2.75, 3.05) is 5.75 Å². The van der Waals surface area contributed by atoms with E-state index < -0.39 is 0 Å². The Bertz CT molecular complexity index is 859. The molecule has 0 N–H and O–H groups in total. The third kappa shape index (κ3) is 3.23. The number of fused-ring (bicyclic) bond motifs is 1. The van der Waals surface area contributed by atoms with E-state index in [0.29, 0.717) is 17.7 Å². The molecule has 0 saturated heterocycles. The summed E-state index contributed by atoms with van der Waals surface area (Å²) in [5, 5.41) is 12.3. The van der Waals surface area contributed by atoms with Crippen LogP contribution >= 0.6 is 11.8 Å². The molecule has 8 heteroatoms. The number of benzene rings is 1. The molecule has 2 aromatic heterocycles. The van der Waals surface area contributed by atoms with Crippen LogP contribution in [0.5, 0.6) is 0 Å². The fraction of sp³-hybridized carbons (Fsp3) is 0.312. The van der Waals surface area contributed by atoms with Gasteiger partial charge in [-0.3, -0.25) is 4.79 Å². The molecule has 1 aromatic carbocycles. The molecule has 7 nitrogen and oxygen atoms in total. The van der Waals surface area contributed by atoms with Crippen LogP contribution in [0, 0.1) is 0 Å². The first-order valence-corrected chi connectivity index (χ1v) is 8.69. The summed E-state index contributed by atoms with van der Waals surface area (Å²) in [6.07, 6.45) is 6.39. The maximum absolute atomic E-state index is 12.3. The number of ketones is 1. The van der Waals surface area contributed by atoms with E-state index in [1.165, 1.54) is 35.6 Å². The van der Waals surface area contributed by atoms with Gasteiger partial charge < -0.3 is 4.42 Å². The minimum Gasteiger partial charge on any atom is -0.414 e. The Balaban J connectivity index is 1.36. The Hall–Kier alpha value is -2.48. The highest BCUT2D eigenvalue weighted by atomic mass is 32.2. The fourth-order valence-electron chi connectivity index (χ4n) is 2.77. The van der Waals surface area contributed by atoms with E-state index >= 15 is 0 Å². The molecule has 1 aliphatic carbocycles. The van der Waals surface area contributed by atoms with Crippen LogP contribution in [0.2, 0.25) is 0 Å². The van der Waals surface area contributed by atoms with Gasteiger partial charge in [0.25, 0.3) is 5.22 Å². The lowest BCUT2D eigenvalue weighted by atomic mass is 10.0. The van der Waals surface area contributed by atoms with E-state index in [0.717, 1.165) is 18.4 Å². The van der Waals surface area contributed by atoms with Gasteiger partial charge in [-0.1, -0.05) is 23.9 Å². The van der Waals surface area contributed by atoms with Crippen molar-refractivity contribution in [1.29, 1.82) is 0 Å². The van der Waals surface area contributed by atoms with Crippen molar-refractivity contribution in [2.24, 2.45) is 0 Å². The van der Waals surface area contributed by atoms with Crippen LogP contribution in [-0.2, 0) is 19.4 Å². The number of nitrogens with zero attached hydrogens (tertiary/aromatic N) is 5. The van der Waals surface area contributed by atoms with Gasteiger partial charge in [-0.25, -0.2) is 9.67 Å². The van der Waals surface area contributed by atoms with Crippen LogP contribution in [0.1, 0.15) is 33.8 Å². The van der Waals surface area contributed by atoms with Gasteiger partial charge in [0, 0.05) is 5.56 Å². The molecule has 2 heterocycles. The van der Waals surface area contributed by atoms with E-state index in [9.17, 15) is 4.79 Å². The minimum atomic E-state index is 0.0747. The van der Waals surface area contributed by atoms with Crippen molar-refractivity contribution in [1.82, 2.24) is 25.0 Å². The molecule has 4 rings (SSSR count). The first-order valence-electron chi connectivity index (χ1n) is 7.70. The Kier molecular flexibility index (Phi) is 4.12. The highest BCUT2D eigenvalue weighted by Gasteiger charge is 2.15. The number of carbonyl (C=O) groups is 1. The van der Waals surface area contributed by atoms with Crippen molar-refractivity contribution in [3.8, 4) is 0 Å². The molecule has 24 heavy (non-hydrogen) atoms. The van der Waals surface area contributed by atoms with Crippen LogP contribution in [0.3, 0.4) is 0 Å². The van der Waals surface area contributed by atoms with Crippen LogP contribution in [0.15, 0.2) is 40.5 Å². The van der Waals surface area contributed by atoms with Gasteiger partial charge in [0.15, 0.2) is 5.78 Å². The van der Waals surface area contributed by atoms with Gasteiger partial charge in [-0.05, 0) is 36.5 Å². The molecule has 0 atom stereocenters. The van der Waals surface area contributed by atoms with Crippen LogP contribution < -0.4 is 0 Å². The quantitative estimate of drug-likeness (QED) is 0.501. The fourth-order valence-corrected chi connectivity index (χ4v) is 3.44.